The standard InChI is InChI=1S/C29H24ClN7O2/c1-17-6-8-18(9-7-17)24-16-23(34-37(24)26(38)15-14-25-32-35-36-33-25)28-27(19-10-12-20(30)13-11-19)21-4-2-3-5-22(21)31-29(28)39/h2-13,24H,14-16H2,1H3,(H,31,39)(H,32,33,35,36)/t24-/m0/s1. The molecule has 0 saturated carbocycles. The number of para-hydroxylation sites is 1. The minimum Gasteiger partial charge on any atom is -0.321 e. The first-order valence-electron chi connectivity index (χ1n) is 12.6. The minimum atomic E-state index is -0.359. The number of pyridine rings is 1. The molecule has 9 nitrogen and oxygen atoms in total. The molecule has 1 atom stereocenters. The van der Waals surface area contributed by atoms with Gasteiger partial charge in [0.1, 0.15) is 0 Å². The maximum atomic E-state index is 13.6. The zero-order valence-electron chi connectivity index (χ0n) is 21.1. The maximum Gasteiger partial charge on any atom is 0.258 e. The van der Waals surface area contributed by atoms with Crippen molar-refractivity contribution in [2.75, 3.05) is 0 Å². The third kappa shape index (κ3) is 4.84. The highest BCUT2D eigenvalue weighted by Crippen LogP contribution is 2.37. The van der Waals surface area contributed by atoms with Gasteiger partial charge in [0.25, 0.3) is 5.56 Å². The lowest BCUT2D eigenvalue weighted by Gasteiger charge is -2.22. The van der Waals surface area contributed by atoms with Gasteiger partial charge in [-0.15, -0.1) is 10.2 Å². The van der Waals surface area contributed by atoms with E-state index in [9.17, 15) is 9.59 Å². The molecule has 0 radical (unpaired) electrons. The Morgan fingerprint density at radius 3 is 2.54 bits per heavy atom. The van der Waals surface area contributed by atoms with Crippen LogP contribution < -0.4 is 5.56 Å². The van der Waals surface area contributed by atoms with E-state index in [0.29, 0.717) is 35.0 Å². The van der Waals surface area contributed by atoms with Crippen molar-refractivity contribution in [3.8, 4) is 11.1 Å². The molecular formula is C29H24ClN7O2. The van der Waals surface area contributed by atoms with Crippen LogP contribution in [0.2, 0.25) is 5.02 Å². The van der Waals surface area contributed by atoms with E-state index in [-0.39, 0.29) is 23.9 Å². The number of hydrogen-bond acceptors (Lipinski definition) is 6. The van der Waals surface area contributed by atoms with Crippen LogP contribution in [0.4, 0.5) is 0 Å². The number of tetrazole rings is 1. The summed E-state index contributed by atoms with van der Waals surface area (Å²) < 4.78 is 0. The third-order valence-electron chi connectivity index (χ3n) is 6.92. The fourth-order valence-corrected chi connectivity index (χ4v) is 5.12. The number of nitrogens with zero attached hydrogens (tertiary/aromatic N) is 5. The summed E-state index contributed by atoms with van der Waals surface area (Å²) in [6.07, 6.45) is 0.861. The monoisotopic (exact) mass is 537 g/mol. The van der Waals surface area contributed by atoms with Crippen LogP contribution in [0.1, 0.15) is 41.4 Å². The number of fused-ring (bicyclic) bond motifs is 1. The van der Waals surface area contributed by atoms with Gasteiger partial charge in [-0.25, -0.2) is 5.01 Å². The lowest BCUT2D eigenvalue weighted by Crippen LogP contribution is -2.27. The molecule has 194 valence electrons. The van der Waals surface area contributed by atoms with Gasteiger partial charge < -0.3 is 4.98 Å². The lowest BCUT2D eigenvalue weighted by molar-refractivity contribution is -0.133. The number of aromatic nitrogens is 5. The second-order valence-electron chi connectivity index (χ2n) is 9.50. The fourth-order valence-electron chi connectivity index (χ4n) is 5.00. The van der Waals surface area contributed by atoms with Gasteiger partial charge in [-0.2, -0.15) is 10.3 Å². The number of rotatable bonds is 6. The molecule has 0 saturated heterocycles. The van der Waals surface area contributed by atoms with E-state index in [4.69, 9.17) is 16.7 Å². The first-order chi connectivity index (χ1) is 19.0. The summed E-state index contributed by atoms with van der Waals surface area (Å²) in [5.74, 6) is 0.264. The first kappa shape index (κ1) is 24.7. The number of benzene rings is 3. The molecule has 1 aliphatic rings. The van der Waals surface area contributed by atoms with Crippen molar-refractivity contribution >= 4 is 34.1 Å². The summed E-state index contributed by atoms with van der Waals surface area (Å²) in [7, 11) is 0. The number of halogens is 1. The summed E-state index contributed by atoms with van der Waals surface area (Å²) in [6, 6.07) is 22.7. The Morgan fingerprint density at radius 1 is 1.03 bits per heavy atom. The summed E-state index contributed by atoms with van der Waals surface area (Å²) in [4.78, 5) is 30.1. The number of H-pyrrole nitrogens is 2. The van der Waals surface area contributed by atoms with E-state index in [2.05, 4.69) is 25.6 Å². The predicted molar refractivity (Wildman–Crippen MR) is 149 cm³/mol. The van der Waals surface area contributed by atoms with Gasteiger partial charge in [0.05, 0.1) is 17.3 Å². The Labute approximate surface area is 228 Å². The Hall–Kier alpha value is -4.63. The van der Waals surface area contributed by atoms with Crippen molar-refractivity contribution in [2.45, 2.75) is 32.2 Å². The molecule has 0 fully saturated rings. The van der Waals surface area contributed by atoms with Crippen molar-refractivity contribution in [1.29, 1.82) is 0 Å². The van der Waals surface area contributed by atoms with E-state index in [1.807, 2.05) is 67.6 Å². The molecule has 0 unspecified atom stereocenters. The molecule has 1 amide bonds. The molecule has 5 aromatic rings. The summed E-state index contributed by atoms with van der Waals surface area (Å²) >= 11 is 6.18. The number of hydrogen-bond donors (Lipinski definition) is 2. The molecule has 39 heavy (non-hydrogen) atoms. The van der Waals surface area contributed by atoms with Crippen LogP contribution in [0.25, 0.3) is 22.0 Å². The van der Waals surface area contributed by atoms with Crippen molar-refractivity contribution in [3.05, 3.63) is 111 Å². The highest BCUT2D eigenvalue weighted by Gasteiger charge is 2.35. The van der Waals surface area contributed by atoms with Gasteiger partial charge in [-0.3, -0.25) is 9.59 Å². The number of nitrogens with one attached hydrogen (secondary N) is 2. The summed E-state index contributed by atoms with van der Waals surface area (Å²) in [5, 5.41) is 21.6. The molecule has 6 rings (SSSR count). The third-order valence-corrected chi connectivity index (χ3v) is 7.17. The first-order valence-corrected chi connectivity index (χ1v) is 13.0. The van der Waals surface area contributed by atoms with E-state index < -0.39 is 0 Å². The lowest BCUT2D eigenvalue weighted by atomic mass is 9.91. The van der Waals surface area contributed by atoms with Crippen LogP contribution in [0.5, 0.6) is 0 Å². The van der Waals surface area contributed by atoms with E-state index in [1.54, 1.807) is 12.1 Å². The molecule has 3 aromatic carbocycles. The highest BCUT2D eigenvalue weighted by atomic mass is 35.5. The number of hydrazone groups is 1. The Bertz CT molecular complexity index is 1740. The van der Waals surface area contributed by atoms with Gasteiger partial charge in [0, 0.05) is 40.8 Å². The molecular weight excluding hydrogens is 514 g/mol. The Balaban J connectivity index is 1.48. The van der Waals surface area contributed by atoms with Crippen molar-refractivity contribution < 1.29 is 4.79 Å². The minimum absolute atomic E-state index is 0.150. The second-order valence-corrected chi connectivity index (χ2v) is 9.94. The fraction of sp³-hybridized carbons (Fsp3) is 0.172. The zero-order chi connectivity index (χ0) is 26.9. The number of carbonyl (C=O) groups is 1. The molecule has 2 N–H and O–H groups in total. The molecule has 2 aromatic heterocycles. The van der Waals surface area contributed by atoms with Crippen LogP contribution in [0, 0.1) is 6.92 Å². The Kier molecular flexibility index (Phi) is 6.50. The van der Waals surface area contributed by atoms with E-state index in [0.717, 1.165) is 33.2 Å². The van der Waals surface area contributed by atoms with Crippen molar-refractivity contribution in [2.24, 2.45) is 5.10 Å². The Morgan fingerprint density at radius 2 is 1.79 bits per heavy atom. The maximum absolute atomic E-state index is 13.6. The SMILES string of the molecule is Cc1ccc([C@@H]2CC(c3c(-c4ccc(Cl)cc4)c4ccccc4[nH]c3=O)=NN2C(=O)CCc2nn[nH]n2)cc1. The van der Waals surface area contributed by atoms with Crippen LogP contribution in [-0.4, -0.2) is 42.2 Å². The zero-order valence-corrected chi connectivity index (χ0v) is 21.8. The molecule has 1 aliphatic heterocycles. The number of aryl methyl sites for hydroxylation is 2. The van der Waals surface area contributed by atoms with Crippen LogP contribution in [0.3, 0.4) is 0 Å². The van der Waals surface area contributed by atoms with Crippen molar-refractivity contribution in [3.63, 3.8) is 0 Å². The van der Waals surface area contributed by atoms with Crippen molar-refractivity contribution in [1.82, 2.24) is 30.6 Å². The van der Waals surface area contributed by atoms with Gasteiger partial charge in [0.15, 0.2) is 5.82 Å². The molecule has 3 heterocycles. The smallest absolute Gasteiger partial charge is 0.258 e. The van der Waals surface area contributed by atoms with Crippen LogP contribution >= 0.6 is 11.6 Å². The van der Waals surface area contributed by atoms with Gasteiger partial charge in [0.2, 0.25) is 5.91 Å². The van der Waals surface area contributed by atoms with Crippen LogP contribution in [0.15, 0.2) is 82.7 Å². The number of amides is 1. The van der Waals surface area contributed by atoms with E-state index in [1.165, 1.54) is 5.01 Å². The molecule has 0 bridgehead atoms. The normalized spacial score (nSPS) is 15.1. The highest BCUT2D eigenvalue weighted by molar-refractivity contribution is 6.30. The van der Waals surface area contributed by atoms with Gasteiger partial charge >= 0.3 is 0 Å². The second kappa shape index (κ2) is 10.3. The number of carbonyl (C=O) groups excluding carboxylic acids is 1. The molecule has 0 aliphatic carbocycles. The molecule has 0 spiro atoms. The summed E-state index contributed by atoms with van der Waals surface area (Å²) in [5.41, 5.74) is 5.11. The topological polar surface area (TPSA) is 120 Å². The van der Waals surface area contributed by atoms with E-state index >= 15 is 0 Å². The molecule has 10 heteroatoms. The van der Waals surface area contributed by atoms with Gasteiger partial charge in [-0.1, -0.05) is 77.0 Å². The average molecular weight is 538 g/mol. The van der Waals surface area contributed by atoms with Gasteiger partial charge in [-0.05, 0) is 36.2 Å². The largest absolute Gasteiger partial charge is 0.321 e. The predicted octanol–water partition coefficient (Wildman–Crippen LogP) is 4.98. The number of aromatic amines is 2. The summed E-state index contributed by atoms with van der Waals surface area (Å²) in [6.45, 7) is 2.02. The average Bonchev–Trinajstić information content (AvgIpc) is 3.63. The quantitative estimate of drug-likeness (QED) is 0.316. The van der Waals surface area contributed by atoms with Crippen LogP contribution in [-0.2, 0) is 11.2 Å².